The Morgan fingerprint density at radius 1 is 0.850 bits per heavy atom. The van der Waals surface area contributed by atoms with Crippen LogP contribution in [0.4, 0.5) is 0 Å². The molecule has 1 saturated carbocycles. The number of esters is 1. The quantitative estimate of drug-likeness (QED) is 0.137. The van der Waals surface area contributed by atoms with Crippen LogP contribution >= 0.6 is 0 Å². The van der Waals surface area contributed by atoms with Gasteiger partial charge in [0.1, 0.15) is 5.75 Å². The Balaban J connectivity index is 1.39. The molecule has 1 heterocycles. The van der Waals surface area contributed by atoms with Crippen molar-refractivity contribution in [2.24, 2.45) is 11.3 Å². The van der Waals surface area contributed by atoms with Gasteiger partial charge in [-0.3, -0.25) is 4.79 Å². The first-order chi connectivity index (χ1) is 19.6. The first kappa shape index (κ1) is 31.6. The number of hydrogen-bond acceptors (Lipinski definition) is 6. The van der Waals surface area contributed by atoms with E-state index in [-0.39, 0.29) is 23.2 Å². The zero-order valence-electron chi connectivity index (χ0n) is 24.8. The Morgan fingerprint density at radius 3 is 2.08 bits per heavy atom. The highest BCUT2D eigenvalue weighted by Crippen LogP contribution is 2.42. The van der Waals surface area contributed by atoms with E-state index in [1.54, 1.807) is 6.07 Å². The van der Waals surface area contributed by atoms with Crippen LogP contribution in [0.2, 0.25) is 0 Å². The van der Waals surface area contributed by atoms with Gasteiger partial charge in [-0.15, -0.1) is 10.2 Å². The topological polar surface area (TPSA) is 85.1 Å². The zero-order chi connectivity index (χ0) is 28.5. The van der Waals surface area contributed by atoms with Crippen molar-refractivity contribution < 1.29 is 14.3 Å². The SMILES string of the molecule is CCCCCCCCCOc1ccc(-c2ccc(OC(=O)[C@H]3CC[C@@](C#N)(CCCCCCC)CC3)nn2)cc1. The number of rotatable bonds is 18. The Kier molecular flexibility index (Phi) is 14.0. The smallest absolute Gasteiger partial charge is 0.315 e. The van der Waals surface area contributed by atoms with Crippen LogP contribution in [0.15, 0.2) is 36.4 Å². The second-order valence-electron chi connectivity index (χ2n) is 11.5. The molecule has 0 aliphatic heterocycles. The molecule has 6 nitrogen and oxygen atoms in total. The van der Waals surface area contributed by atoms with E-state index in [1.807, 2.05) is 30.3 Å². The number of unbranched alkanes of at least 4 members (excludes halogenated alkanes) is 10. The van der Waals surface area contributed by atoms with Crippen molar-refractivity contribution >= 4 is 5.97 Å². The fourth-order valence-corrected chi connectivity index (χ4v) is 5.58. The maximum atomic E-state index is 12.8. The van der Waals surface area contributed by atoms with E-state index in [0.29, 0.717) is 18.5 Å². The number of aromatic nitrogens is 2. The van der Waals surface area contributed by atoms with E-state index < -0.39 is 0 Å². The lowest BCUT2D eigenvalue weighted by atomic mass is 9.69. The van der Waals surface area contributed by atoms with Gasteiger partial charge in [0, 0.05) is 11.6 Å². The minimum atomic E-state index is -0.279. The maximum absolute atomic E-state index is 12.8. The highest BCUT2D eigenvalue weighted by atomic mass is 16.5. The minimum absolute atomic E-state index is 0.184. The summed E-state index contributed by atoms with van der Waals surface area (Å²) in [5.74, 6) is 0.629. The van der Waals surface area contributed by atoms with E-state index in [9.17, 15) is 10.1 Å². The number of nitriles is 1. The van der Waals surface area contributed by atoms with Crippen LogP contribution in [0.1, 0.15) is 123 Å². The van der Waals surface area contributed by atoms with E-state index >= 15 is 0 Å². The summed E-state index contributed by atoms with van der Waals surface area (Å²) in [7, 11) is 0. The lowest BCUT2D eigenvalue weighted by Gasteiger charge is -2.34. The first-order valence-corrected chi connectivity index (χ1v) is 15.8. The molecule has 0 N–H and O–H groups in total. The molecule has 1 aromatic carbocycles. The second-order valence-corrected chi connectivity index (χ2v) is 11.5. The van der Waals surface area contributed by atoms with Crippen LogP contribution < -0.4 is 9.47 Å². The molecule has 1 aromatic heterocycles. The van der Waals surface area contributed by atoms with E-state index in [0.717, 1.165) is 50.0 Å². The molecule has 0 amide bonds. The molecule has 1 aliphatic rings. The summed E-state index contributed by atoms with van der Waals surface area (Å²) in [5.41, 5.74) is 1.37. The van der Waals surface area contributed by atoms with Crippen LogP contribution in [0.3, 0.4) is 0 Å². The minimum Gasteiger partial charge on any atom is -0.494 e. The van der Waals surface area contributed by atoms with Crippen molar-refractivity contribution in [3.8, 4) is 29.0 Å². The van der Waals surface area contributed by atoms with Crippen LogP contribution in [0.25, 0.3) is 11.3 Å². The highest BCUT2D eigenvalue weighted by molar-refractivity contribution is 5.75. The van der Waals surface area contributed by atoms with Crippen molar-refractivity contribution in [2.45, 2.75) is 123 Å². The zero-order valence-corrected chi connectivity index (χ0v) is 24.8. The van der Waals surface area contributed by atoms with E-state index in [2.05, 4.69) is 30.1 Å². The molecule has 1 fully saturated rings. The molecule has 0 radical (unpaired) electrons. The fraction of sp³-hybridized carbons (Fsp3) is 0.647. The predicted molar refractivity (Wildman–Crippen MR) is 160 cm³/mol. The number of ether oxygens (including phenoxy) is 2. The molecule has 0 saturated heterocycles. The maximum Gasteiger partial charge on any atom is 0.315 e. The molecule has 40 heavy (non-hydrogen) atoms. The molecule has 0 spiro atoms. The predicted octanol–water partition coefficient (Wildman–Crippen LogP) is 9.24. The van der Waals surface area contributed by atoms with Crippen LogP contribution in [0, 0.1) is 22.7 Å². The Hall–Kier alpha value is -2.94. The van der Waals surface area contributed by atoms with Crippen molar-refractivity contribution in [3.63, 3.8) is 0 Å². The van der Waals surface area contributed by atoms with Gasteiger partial charge in [0.2, 0.25) is 5.88 Å². The van der Waals surface area contributed by atoms with E-state index in [4.69, 9.17) is 9.47 Å². The van der Waals surface area contributed by atoms with Crippen molar-refractivity contribution in [3.05, 3.63) is 36.4 Å². The Labute approximate surface area is 241 Å². The number of carbonyl (C=O) groups is 1. The van der Waals surface area contributed by atoms with Gasteiger partial charge in [0.15, 0.2) is 0 Å². The third-order valence-electron chi connectivity index (χ3n) is 8.28. The third kappa shape index (κ3) is 10.6. The summed E-state index contributed by atoms with van der Waals surface area (Å²) in [4.78, 5) is 12.8. The summed E-state index contributed by atoms with van der Waals surface area (Å²) in [6.07, 6.45) is 18.7. The lowest BCUT2D eigenvalue weighted by Crippen LogP contribution is -2.31. The average Bonchev–Trinajstić information content (AvgIpc) is 2.99. The standard InChI is InChI=1S/C34H49N3O3/c1-3-5-7-9-10-12-14-26-39-30-17-15-28(16-18-30)31-19-20-32(37-36-31)40-33(38)29-21-24-34(27-35,25-22-29)23-13-11-8-6-4-2/h15-20,29H,3-14,21-26H2,1-2H3/t29-,34-. The van der Waals surface area contributed by atoms with Crippen molar-refractivity contribution in [1.29, 1.82) is 5.26 Å². The summed E-state index contributed by atoms with van der Waals surface area (Å²) in [6, 6.07) is 14.0. The molecular formula is C34H49N3O3. The van der Waals surface area contributed by atoms with Crippen molar-refractivity contribution in [1.82, 2.24) is 10.2 Å². The molecular weight excluding hydrogens is 498 g/mol. The van der Waals surface area contributed by atoms with Gasteiger partial charge in [-0.2, -0.15) is 5.26 Å². The molecule has 3 rings (SSSR count). The molecule has 0 atom stereocenters. The lowest BCUT2D eigenvalue weighted by molar-refractivity contribution is -0.141. The van der Waals surface area contributed by atoms with Crippen LogP contribution in [-0.2, 0) is 4.79 Å². The second kappa shape index (κ2) is 17.7. The normalized spacial score (nSPS) is 18.7. The molecule has 2 aromatic rings. The van der Waals surface area contributed by atoms with Gasteiger partial charge in [-0.1, -0.05) is 84.5 Å². The van der Waals surface area contributed by atoms with Crippen molar-refractivity contribution in [2.75, 3.05) is 6.61 Å². The third-order valence-corrected chi connectivity index (χ3v) is 8.28. The van der Waals surface area contributed by atoms with Gasteiger partial charge in [-0.25, -0.2) is 0 Å². The van der Waals surface area contributed by atoms with Crippen LogP contribution in [0.5, 0.6) is 11.6 Å². The van der Waals surface area contributed by atoms with Gasteiger partial charge < -0.3 is 9.47 Å². The fourth-order valence-electron chi connectivity index (χ4n) is 5.58. The first-order valence-electron chi connectivity index (χ1n) is 15.8. The molecule has 218 valence electrons. The molecule has 0 unspecified atom stereocenters. The largest absolute Gasteiger partial charge is 0.494 e. The molecule has 6 heteroatoms. The number of nitrogens with zero attached hydrogens (tertiary/aromatic N) is 3. The van der Waals surface area contributed by atoms with Gasteiger partial charge in [0.25, 0.3) is 0 Å². The van der Waals surface area contributed by atoms with Gasteiger partial charge in [0.05, 0.1) is 29.7 Å². The van der Waals surface area contributed by atoms with E-state index in [1.165, 1.54) is 64.2 Å². The summed E-state index contributed by atoms with van der Waals surface area (Å²) >= 11 is 0. The van der Waals surface area contributed by atoms with Gasteiger partial charge in [-0.05, 0) is 68.9 Å². The van der Waals surface area contributed by atoms with Crippen LogP contribution in [-0.4, -0.2) is 22.8 Å². The summed E-state index contributed by atoms with van der Waals surface area (Å²) in [6.45, 7) is 5.20. The molecule has 1 aliphatic carbocycles. The number of hydrogen-bond donors (Lipinski definition) is 0. The average molecular weight is 548 g/mol. The van der Waals surface area contributed by atoms with Gasteiger partial charge >= 0.3 is 5.97 Å². The summed E-state index contributed by atoms with van der Waals surface area (Å²) in [5, 5.41) is 18.3. The Bertz CT molecular complexity index is 1020. The highest BCUT2D eigenvalue weighted by Gasteiger charge is 2.38. The Morgan fingerprint density at radius 2 is 1.48 bits per heavy atom. The number of carbonyl (C=O) groups excluding carboxylic acids is 1. The summed E-state index contributed by atoms with van der Waals surface area (Å²) < 4.78 is 11.5. The number of benzene rings is 1. The monoisotopic (exact) mass is 547 g/mol. The molecule has 0 bridgehead atoms.